The molecule has 0 aliphatic heterocycles. The highest BCUT2D eigenvalue weighted by atomic mass is 19.1. The first-order chi connectivity index (χ1) is 9.45. The van der Waals surface area contributed by atoms with Crippen molar-refractivity contribution in [3.63, 3.8) is 0 Å². The number of halogens is 1. The average Bonchev–Trinajstić information content (AvgIpc) is 2.43. The summed E-state index contributed by atoms with van der Waals surface area (Å²) in [5.74, 6) is -0.490. The van der Waals surface area contributed by atoms with Gasteiger partial charge in [-0.1, -0.05) is 11.2 Å². The highest BCUT2D eigenvalue weighted by molar-refractivity contribution is 5.98. The van der Waals surface area contributed by atoms with Crippen molar-refractivity contribution in [3.05, 3.63) is 35.1 Å². The molecule has 0 amide bonds. The fourth-order valence-electron chi connectivity index (χ4n) is 1.73. The molecule has 0 aromatic heterocycles. The third kappa shape index (κ3) is 4.79. The zero-order valence-corrected chi connectivity index (χ0v) is 12.2. The third-order valence-corrected chi connectivity index (χ3v) is 3.29. The molecule has 20 heavy (non-hydrogen) atoms. The molecule has 0 radical (unpaired) electrons. The Balaban J connectivity index is 2.60. The number of nitrogens with zero attached hydrogens (tertiary/aromatic N) is 2. The van der Waals surface area contributed by atoms with Crippen LogP contribution in [0.1, 0.15) is 25.0 Å². The maximum absolute atomic E-state index is 13.2. The van der Waals surface area contributed by atoms with E-state index < -0.39 is 5.82 Å². The van der Waals surface area contributed by atoms with E-state index in [-0.39, 0.29) is 5.84 Å². The lowest BCUT2D eigenvalue weighted by molar-refractivity contribution is 0.273. The molecule has 1 rings (SSSR count). The van der Waals surface area contributed by atoms with Crippen LogP contribution in [-0.2, 0) is 6.54 Å². The lowest BCUT2D eigenvalue weighted by Gasteiger charge is -2.21. The second-order valence-corrected chi connectivity index (χ2v) is 5.04. The van der Waals surface area contributed by atoms with Crippen molar-refractivity contribution in [2.45, 2.75) is 26.4 Å². The van der Waals surface area contributed by atoms with Crippen molar-refractivity contribution >= 4 is 5.84 Å². The third-order valence-electron chi connectivity index (χ3n) is 3.29. The minimum absolute atomic E-state index is 0.0828. The Bertz CT molecular complexity index is 462. The molecule has 0 saturated heterocycles. The van der Waals surface area contributed by atoms with E-state index >= 15 is 0 Å². The lowest BCUT2D eigenvalue weighted by Crippen LogP contribution is -2.33. The van der Waals surface area contributed by atoms with Gasteiger partial charge in [0.05, 0.1) is 0 Å². The minimum Gasteiger partial charge on any atom is -0.409 e. The molecule has 0 heterocycles. The van der Waals surface area contributed by atoms with E-state index in [1.165, 1.54) is 12.1 Å². The Kier molecular flexibility index (Phi) is 6.41. The smallest absolute Gasteiger partial charge is 0.170 e. The van der Waals surface area contributed by atoms with Crippen LogP contribution in [0.3, 0.4) is 0 Å². The van der Waals surface area contributed by atoms with Crippen LogP contribution in [0.2, 0.25) is 0 Å². The van der Waals surface area contributed by atoms with Crippen LogP contribution in [0.25, 0.3) is 0 Å². The van der Waals surface area contributed by atoms with Gasteiger partial charge < -0.3 is 21.2 Å². The number of benzene rings is 1. The zero-order chi connectivity index (χ0) is 15.1. The van der Waals surface area contributed by atoms with Crippen LogP contribution < -0.4 is 11.1 Å². The maximum Gasteiger partial charge on any atom is 0.170 e. The van der Waals surface area contributed by atoms with Crippen molar-refractivity contribution in [1.82, 2.24) is 10.2 Å². The number of hydrogen-bond donors (Lipinski definition) is 3. The van der Waals surface area contributed by atoms with Gasteiger partial charge in [-0.3, -0.25) is 0 Å². The number of likely N-dealkylation sites (N-methyl/N-ethyl adjacent to an activating group) is 1. The SMILES string of the molecule is CC(C)N(C)CCNCc1ccc(F)cc1C(N)=NO. The molecule has 0 atom stereocenters. The number of oxime groups is 1. The van der Waals surface area contributed by atoms with Crippen molar-refractivity contribution in [3.8, 4) is 0 Å². The van der Waals surface area contributed by atoms with Gasteiger partial charge in [-0.15, -0.1) is 0 Å². The highest BCUT2D eigenvalue weighted by Crippen LogP contribution is 2.11. The van der Waals surface area contributed by atoms with E-state index in [2.05, 4.69) is 36.3 Å². The van der Waals surface area contributed by atoms with E-state index in [0.29, 0.717) is 18.2 Å². The molecule has 0 fully saturated rings. The topological polar surface area (TPSA) is 73.9 Å². The molecule has 0 aliphatic rings. The van der Waals surface area contributed by atoms with Gasteiger partial charge in [0.1, 0.15) is 5.82 Å². The van der Waals surface area contributed by atoms with Gasteiger partial charge in [0.2, 0.25) is 0 Å². The number of nitrogens with one attached hydrogen (secondary N) is 1. The first-order valence-electron chi connectivity index (χ1n) is 6.63. The number of nitrogens with two attached hydrogens (primary N) is 1. The van der Waals surface area contributed by atoms with Gasteiger partial charge in [0.25, 0.3) is 0 Å². The molecular formula is C14H23FN4O. The van der Waals surface area contributed by atoms with Gasteiger partial charge >= 0.3 is 0 Å². The fraction of sp³-hybridized carbons (Fsp3) is 0.500. The van der Waals surface area contributed by atoms with Crippen LogP contribution >= 0.6 is 0 Å². The second kappa shape index (κ2) is 7.81. The molecule has 0 aliphatic carbocycles. The maximum atomic E-state index is 13.2. The highest BCUT2D eigenvalue weighted by Gasteiger charge is 2.09. The van der Waals surface area contributed by atoms with Crippen molar-refractivity contribution in [2.75, 3.05) is 20.1 Å². The summed E-state index contributed by atoms with van der Waals surface area (Å²) in [5.41, 5.74) is 6.77. The first kappa shape index (κ1) is 16.4. The predicted molar refractivity (Wildman–Crippen MR) is 78.4 cm³/mol. The Morgan fingerprint density at radius 3 is 2.80 bits per heavy atom. The van der Waals surface area contributed by atoms with Crippen molar-refractivity contribution in [2.24, 2.45) is 10.9 Å². The molecule has 0 unspecified atom stereocenters. The molecule has 1 aromatic carbocycles. The summed E-state index contributed by atoms with van der Waals surface area (Å²) in [4.78, 5) is 2.22. The molecule has 0 spiro atoms. The van der Waals surface area contributed by atoms with Gasteiger partial charge in [0, 0.05) is 31.2 Å². The second-order valence-electron chi connectivity index (χ2n) is 5.04. The summed E-state index contributed by atoms with van der Waals surface area (Å²) in [5, 5.41) is 14.9. The summed E-state index contributed by atoms with van der Waals surface area (Å²) in [6, 6.07) is 4.77. The summed E-state index contributed by atoms with van der Waals surface area (Å²) in [7, 11) is 2.06. The standard InChI is InChI=1S/C14H23FN4O/c1-10(2)19(3)7-6-17-9-11-4-5-12(15)8-13(11)14(16)18-20/h4-5,8,10,17,20H,6-7,9H2,1-3H3,(H2,16,18). The fourth-order valence-corrected chi connectivity index (χ4v) is 1.73. The normalized spacial score (nSPS) is 12.4. The Labute approximate surface area is 119 Å². The summed E-state index contributed by atoms with van der Waals surface area (Å²) in [6.07, 6.45) is 0. The van der Waals surface area contributed by atoms with E-state index in [1.807, 2.05) is 0 Å². The molecular weight excluding hydrogens is 259 g/mol. The molecule has 6 heteroatoms. The minimum atomic E-state index is -0.408. The monoisotopic (exact) mass is 282 g/mol. The molecule has 0 bridgehead atoms. The molecule has 4 N–H and O–H groups in total. The molecule has 1 aromatic rings. The van der Waals surface area contributed by atoms with Gasteiger partial charge in [-0.2, -0.15) is 0 Å². The van der Waals surface area contributed by atoms with Crippen LogP contribution in [0.5, 0.6) is 0 Å². The van der Waals surface area contributed by atoms with Gasteiger partial charge in [0.15, 0.2) is 5.84 Å². The van der Waals surface area contributed by atoms with Gasteiger partial charge in [-0.05, 0) is 38.6 Å². The average molecular weight is 282 g/mol. The Hall–Kier alpha value is -1.66. The van der Waals surface area contributed by atoms with Crippen molar-refractivity contribution in [1.29, 1.82) is 0 Å². The first-order valence-corrected chi connectivity index (χ1v) is 6.63. The van der Waals surface area contributed by atoms with E-state index in [4.69, 9.17) is 10.9 Å². The van der Waals surface area contributed by atoms with Crippen LogP contribution in [-0.4, -0.2) is 42.1 Å². The van der Waals surface area contributed by atoms with Crippen molar-refractivity contribution < 1.29 is 9.60 Å². The zero-order valence-electron chi connectivity index (χ0n) is 12.2. The van der Waals surface area contributed by atoms with E-state index in [1.54, 1.807) is 6.07 Å². The quantitative estimate of drug-likeness (QED) is 0.232. The van der Waals surface area contributed by atoms with E-state index in [0.717, 1.165) is 18.7 Å². The summed E-state index contributed by atoms with van der Waals surface area (Å²) in [6.45, 7) is 6.53. The largest absolute Gasteiger partial charge is 0.409 e. The van der Waals surface area contributed by atoms with Gasteiger partial charge in [-0.25, -0.2) is 4.39 Å². The van der Waals surface area contributed by atoms with E-state index in [9.17, 15) is 4.39 Å². The number of rotatable bonds is 7. The molecule has 5 nitrogen and oxygen atoms in total. The molecule has 112 valence electrons. The summed E-state index contributed by atoms with van der Waals surface area (Å²) < 4.78 is 13.2. The summed E-state index contributed by atoms with van der Waals surface area (Å²) >= 11 is 0. The molecule has 0 saturated carbocycles. The van der Waals surface area contributed by atoms with Crippen LogP contribution in [0, 0.1) is 5.82 Å². The van der Waals surface area contributed by atoms with Crippen LogP contribution in [0.4, 0.5) is 4.39 Å². The number of hydrogen-bond acceptors (Lipinski definition) is 4. The predicted octanol–water partition coefficient (Wildman–Crippen LogP) is 1.35. The lowest BCUT2D eigenvalue weighted by atomic mass is 10.1. The Morgan fingerprint density at radius 1 is 1.50 bits per heavy atom. The van der Waals surface area contributed by atoms with Crippen LogP contribution in [0.15, 0.2) is 23.4 Å². The Morgan fingerprint density at radius 2 is 2.20 bits per heavy atom. The number of amidine groups is 1.